The maximum absolute atomic E-state index is 12.3. The van der Waals surface area contributed by atoms with Crippen molar-refractivity contribution in [2.24, 2.45) is 0 Å². The Balaban J connectivity index is 0.000000612. The van der Waals surface area contributed by atoms with Gasteiger partial charge in [-0.2, -0.15) is 13.2 Å². The van der Waals surface area contributed by atoms with Crippen LogP contribution in [0.25, 0.3) is 0 Å². The number of hydrogen-bond acceptors (Lipinski definition) is 1. The van der Waals surface area contributed by atoms with Crippen LogP contribution in [-0.4, -0.2) is 20.6 Å². The molecular weight excluding hydrogens is 287 g/mol. The van der Waals surface area contributed by atoms with Crippen LogP contribution < -0.4 is 0 Å². The van der Waals surface area contributed by atoms with Gasteiger partial charge in [0.2, 0.25) is 11.0 Å². The maximum Gasteiger partial charge on any atom is 0.485 e. The van der Waals surface area contributed by atoms with Gasteiger partial charge in [0.25, 0.3) is 0 Å². The highest BCUT2D eigenvalue weighted by atomic mass is 32.2. The third-order valence-corrected chi connectivity index (χ3v) is 3.95. The van der Waals surface area contributed by atoms with Crippen LogP contribution in [0.2, 0.25) is 0 Å². The van der Waals surface area contributed by atoms with E-state index in [1.54, 1.807) is 0 Å². The standard InChI is InChI=1S/C11H12F3NOS.C3H8/c1-8-2-3-9-4-5-15(7-10(9)6-8)17(16)11(12,13)14;1-3-2/h2-3,6H,4-5,7H2,1H3;3H2,1-2H3. The van der Waals surface area contributed by atoms with Gasteiger partial charge in [0.1, 0.15) is 0 Å². The first-order valence-corrected chi connectivity index (χ1v) is 7.72. The lowest BCUT2D eigenvalue weighted by molar-refractivity contribution is -0.0431. The van der Waals surface area contributed by atoms with Gasteiger partial charge in [-0.3, -0.25) is 0 Å². The lowest BCUT2D eigenvalue weighted by Gasteiger charge is -2.28. The Labute approximate surface area is 120 Å². The second-order valence-electron chi connectivity index (χ2n) is 4.79. The highest BCUT2D eigenvalue weighted by Crippen LogP contribution is 2.28. The molecule has 0 aliphatic carbocycles. The molecule has 114 valence electrons. The molecule has 0 saturated heterocycles. The van der Waals surface area contributed by atoms with Gasteiger partial charge in [0, 0.05) is 13.1 Å². The molecule has 1 aliphatic rings. The van der Waals surface area contributed by atoms with Crippen molar-refractivity contribution < 1.29 is 17.4 Å². The molecule has 0 fully saturated rings. The summed E-state index contributed by atoms with van der Waals surface area (Å²) in [6, 6.07) is 5.72. The van der Waals surface area contributed by atoms with Crippen molar-refractivity contribution in [3.63, 3.8) is 0 Å². The number of rotatable bonds is 1. The highest BCUT2D eigenvalue weighted by molar-refractivity contribution is 7.83. The molecule has 1 aromatic carbocycles. The van der Waals surface area contributed by atoms with E-state index in [1.807, 2.05) is 25.1 Å². The quantitative estimate of drug-likeness (QED) is 0.769. The first kappa shape index (κ1) is 17.2. The Morgan fingerprint density at radius 2 is 1.85 bits per heavy atom. The van der Waals surface area contributed by atoms with E-state index in [0.717, 1.165) is 21.0 Å². The van der Waals surface area contributed by atoms with E-state index >= 15 is 0 Å². The van der Waals surface area contributed by atoms with Crippen molar-refractivity contribution in [2.45, 2.75) is 45.7 Å². The maximum atomic E-state index is 12.3. The first-order valence-electron chi connectivity index (χ1n) is 6.61. The fourth-order valence-corrected chi connectivity index (χ4v) is 2.75. The zero-order valence-corrected chi connectivity index (χ0v) is 12.8. The van der Waals surface area contributed by atoms with Crippen LogP contribution in [0.4, 0.5) is 13.2 Å². The van der Waals surface area contributed by atoms with E-state index in [1.165, 1.54) is 6.42 Å². The number of fused-ring (bicyclic) bond motifs is 1. The Morgan fingerprint density at radius 1 is 1.25 bits per heavy atom. The summed E-state index contributed by atoms with van der Waals surface area (Å²) < 4.78 is 49.2. The molecule has 1 heterocycles. The van der Waals surface area contributed by atoms with Crippen LogP contribution in [-0.2, 0) is 24.0 Å². The average Bonchev–Trinajstić information content (AvgIpc) is 2.36. The van der Waals surface area contributed by atoms with E-state index in [2.05, 4.69) is 13.8 Å². The normalized spacial score (nSPS) is 16.9. The summed E-state index contributed by atoms with van der Waals surface area (Å²) in [6.45, 7) is 6.42. The van der Waals surface area contributed by atoms with Crippen molar-refractivity contribution in [3.8, 4) is 0 Å². The summed E-state index contributed by atoms with van der Waals surface area (Å²) in [7, 11) is -2.90. The highest BCUT2D eigenvalue weighted by Gasteiger charge is 2.42. The molecule has 0 spiro atoms. The average molecular weight is 307 g/mol. The predicted octanol–water partition coefficient (Wildman–Crippen LogP) is 3.95. The van der Waals surface area contributed by atoms with Crippen molar-refractivity contribution >= 4 is 11.0 Å². The molecule has 0 radical (unpaired) electrons. The molecule has 1 aliphatic heterocycles. The Kier molecular flexibility index (Phi) is 6.20. The van der Waals surface area contributed by atoms with Gasteiger partial charge < -0.3 is 0 Å². The molecule has 0 amide bonds. The molecule has 6 heteroatoms. The Hall–Kier alpha value is -0.880. The zero-order valence-electron chi connectivity index (χ0n) is 12.0. The van der Waals surface area contributed by atoms with Crippen LogP contribution >= 0.6 is 0 Å². The van der Waals surface area contributed by atoms with Crippen LogP contribution in [0.3, 0.4) is 0 Å². The largest absolute Gasteiger partial charge is 0.485 e. The number of hydrogen-bond donors (Lipinski definition) is 0. The molecule has 2 nitrogen and oxygen atoms in total. The van der Waals surface area contributed by atoms with E-state index in [-0.39, 0.29) is 13.1 Å². The summed E-state index contributed by atoms with van der Waals surface area (Å²) in [5, 5.41) is 0. The second kappa shape index (κ2) is 7.22. The summed E-state index contributed by atoms with van der Waals surface area (Å²) in [4.78, 5) is 0. The summed E-state index contributed by atoms with van der Waals surface area (Å²) in [5.41, 5.74) is -1.77. The van der Waals surface area contributed by atoms with Gasteiger partial charge in [0.05, 0.1) is 0 Å². The smallest absolute Gasteiger partial charge is 0.233 e. The SMILES string of the molecule is CCC.Cc1ccc2c(c1)CN(S(=O)C(F)(F)F)CC2. The summed E-state index contributed by atoms with van der Waals surface area (Å²) >= 11 is 0. The Bertz CT molecular complexity index is 474. The molecule has 1 atom stereocenters. The molecule has 1 unspecified atom stereocenters. The van der Waals surface area contributed by atoms with E-state index < -0.39 is 16.5 Å². The minimum absolute atomic E-state index is 0.100. The predicted molar refractivity (Wildman–Crippen MR) is 75.5 cm³/mol. The fraction of sp³-hybridized carbons (Fsp3) is 0.571. The van der Waals surface area contributed by atoms with Gasteiger partial charge in [-0.15, -0.1) is 0 Å². The summed E-state index contributed by atoms with van der Waals surface area (Å²) in [5.74, 6) is 0. The van der Waals surface area contributed by atoms with Crippen molar-refractivity contribution in [2.75, 3.05) is 6.54 Å². The Morgan fingerprint density at radius 3 is 2.40 bits per heavy atom. The van der Waals surface area contributed by atoms with Crippen molar-refractivity contribution in [1.29, 1.82) is 0 Å². The molecule has 2 rings (SSSR count). The van der Waals surface area contributed by atoms with E-state index in [0.29, 0.717) is 6.42 Å². The van der Waals surface area contributed by atoms with Crippen LogP contribution in [0, 0.1) is 6.92 Å². The zero-order chi connectivity index (χ0) is 15.3. The molecule has 0 bridgehead atoms. The third kappa shape index (κ3) is 4.59. The monoisotopic (exact) mass is 307 g/mol. The minimum atomic E-state index is -4.67. The van der Waals surface area contributed by atoms with Crippen LogP contribution in [0.15, 0.2) is 18.2 Å². The number of halogens is 3. The van der Waals surface area contributed by atoms with E-state index in [9.17, 15) is 17.4 Å². The van der Waals surface area contributed by atoms with Crippen LogP contribution in [0.1, 0.15) is 37.0 Å². The topological polar surface area (TPSA) is 20.3 Å². The lowest BCUT2D eigenvalue weighted by atomic mass is 9.99. The molecule has 1 aromatic rings. The number of aryl methyl sites for hydroxylation is 1. The van der Waals surface area contributed by atoms with Crippen molar-refractivity contribution in [1.82, 2.24) is 4.31 Å². The van der Waals surface area contributed by atoms with Gasteiger partial charge in [-0.25, -0.2) is 8.51 Å². The lowest BCUT2D eigenvalue weighted by Crippen LogP contribution is -2.38. The van der Waals surface area contributed by atoms with Gasteiger partial charge in [-0.05, 0) is 24.5 Å². The van der Waals surface area contributed by atoms with Crippen LogP contribution in [0.5, 0.6) is 0 Å². The second-order valence-corrected chi connectivity index (χ2v) is 6.27. The minimum Gasteiger partial charge on any atom is -0.233 e. The number of alkyl halides is 3. The summed E-state index contributed by atoms with van der Waals surface area (Å²) in [6.07, 6.45) is 1.76. The molecule has 0 saturated carbocycles. The van der Waals surface area contributed by atoms with Gasteiger partial charge in [0.15, 0.2) is 0 Å². The van der Waals surface area contributed by atoms with Gasteiger partial charge >= 0.3 is 5.51 Å². The number of nitrogens with zero attached hydrogens (tertiary/aromatic N) is 1. The van der Waals surface area contributed by atoms with E-state index in [4.69, 9.17) is 0 Å². The fourth-order valence-electron chi connectivity index (χ4n) is 1.95. The number of benzene rings is 1. The molecule has 0 N–H and O–H groups in total. The molecule has 20 heavy (non-hydrogen) atoms. The van der Waals surface area contributed by atoms with Gasteiger partial charge in [-0.1, -0.05) is 44.0 Å². The third-order valence-electron chi connectivity index (χ3n) is 2.77. The molecule has 0 aromatic heterocycles. The molecular formula is C14H20F3NOS. The van der Waals surface area contributed by atoms with Crippen molar-refractivity contribution in [3.05, 3.63) is 34.9 Å². The first-order chi connectivity index (χ1) is 9.29.